The van der Waals surface area contributed by atoms with E-state index in [1.807, 2.05) is 45.0 Å². The van der Waals surface area contributed by atoms with E-state index in [9.17, 15) is 24.0 Å². The van der Waals surface area contributed by atoms with Crippen molar-refractivity contribution in [2.75, 3.05) is 6.54 Å². The Bertz CT molecular complexity index is 1160. The van der Waals surface area contributed by atoms with Crippen molar-refractivity contribution in [1.82, 2.24) is 15.7 Å². The maximum atomic E-state index is 13.6. The summed E-state index contributed by atoms with van der Waals surface area (Å²) in [6.07, 6.45) is 3.72. The highest BCUT2D eigenvalue weighted by molar-refractivity contribution is 6.31. The van der Waals surface area contributed by atoms with Crippen LogP contribution in [0.25, 0.3) is 11.1 Å². The van der Waals surface area contributed by atoms with E-state index >= 15 is 0 Å². The number of hydrogen-bond donors (Lipinski definition) is 3. The van der Waals surface area contributed by atoms with Gasteiger partial charge in [0.15, 0.2) is 0 Å². The highest BCUT2D eigenvalue weighted by atomic mass is 35.5. The van der Waals surface area contributed by atoms with E-state index in [-0.39, 0.29) is 22.8 Å². The SMILES string of the molecule is CCC[C@H](C(=O)NO)C(CC(C)C)C(=O)NC1CCCCN(Cc2cccc(-c3ccc(F)c(Cl)c3)c2)C1=O. The molecule has 0 aromatic heterocycles. The molecule has 0 radical (unpaired) electrons. The third kappa shape index (κ3) is 8.26. The average Bonchev–Trinajstić information content (AvgIpc) is 3.08. The summed E-state index contributed by atoms with van der Waals surface area (Å²) in [5.41, 5.74) is 4.27. The standard InChI is InChI=1S/C30H39ClFN3O4/c1-4-8-23(29(37)34-39)24(15-19(2)3)28(36)33-27-11-5-6-14-35(30(27)38)18-20-9-7-10-21(16-20)22-12-13-26(32)25(31)17-22/h7,9-10,12-13,16-17,19,23-24,27,39H,4-6,8,11,14-15,18H2,1-3H3,(H,33,36)(H,34,37)/t23-,24?,27?/m0/s1. The van der Waals surface area contributed by atoms with Gasteiger partial charge in [-0.2, -0.15) is 0 Å². The van der Waals surface area contributed by atoms with Gasteiger partial charge in [-0.3, -0.25) is 19.6 Å². The first-order chi connectivity index (χ1) is 18.6. The third-order valence-corrected chi connectivity index (χ3v) is 7.53. The number of hydroxylamine groups is 1. The summed E-state index contributed by atoms with van der Waals surface area (Å²) in [5, 5.41) is 12.3. The number of benzene rings is 2. The Balaban J connectivity index is 1.77. The smallest absolute Gasteiger partial charge is 0.247 e. The molecule has 2 unspecified atom stereocenters. The topological polar surface area (TPSA) is 98.7 Å². The van der Waals surface area contributed by atoms with Crippen molar-refractivity contribution in [3.63, 3.8) is 0 Å². The molecule has 3 amide bonds. The van der Waals surface area contributed by atoms with Crippen molar-refractivity contribution in [2.45, 2.75) is 71.9 Å². The van der Waals surface area contributed by atoms with Gasteiger partial charge < -0.3 is 10.2 Å². The van der Waals surface area contributed by atoms with E-state index in [0.29, 0.717) is 38.8 Å². The van der Waals surface area contributed by atoms with E-state index in [4.69, 9.17) is 11.6 Å². The molecule has 1 aliphatic heterocycles. The lowest BCUT2D eigenvalue weighted by Gasteiger charge is -2.29. The Hall–Kier alpha value is -2.97. The molecule has 0 bridgehead atoms. The minimum Gasteiger partial charge on any atom is -0.344 e. The number of carbonyl (C=O) groups excluding carboxylic acids is 3. The molecule has 0 spiro atoms. The minimum atomic E-state index is -0.687. The lowest BCUT2D eigenvalue weighted by atomic mass is 9.81. The van der Waals surface area contributed by atoms with Crippen molar-refractivity contribution in [1.29, 1.82) is 0 Å². The molecular weight excluding hydrogens is 521 g/mol. The predicted molar refractivity (Wildman–Crippen MR) is 149 cm³/mol. The molecule has 7 nitrogen and oxygen atoms in total. The van der Waals surface area contributed by atoms with Gasteiger partial charge in [-0.1, -0.05) is 63.1 Å². The molecule has 3 atom stereocenters. The van der Waals surface area contributed by atoms with Crippen LogP contribution in [0.4, 0.5) is 4.39 Å². The Morgan fingerprint density at radius 2 is 1.85 bits per heavy atom. The van der Waals surface area contributed by atoms with Gasteiger partial charge in [-0.25, -0.2) is 9.87 Å². The summed E-state index contributed by atoms with van der Waals surface area (Å²) in [6, 6.07) is 11.6. The second-order valence-corrected chi connectivity index (χ2v) is 11.2. The van der Waals surface area contributed by atoms with E-state index in [0.717, 1.165) is 29.5 Å². The van der Waals surface area contributed by atoms with Crippen LogP contribution in [0.3, 0.4) is 0 Å². The van der Waals surface area contributed by atoms with Gasteiger partial charge in [0.05, 0.1) is 10.9 Å². The second-order valence-electron chi connectivity index (χ2n) is 10.8. The number of hydrogen-bond acceptors (Lipinski definition) is 4. The summed E-state index contributed by atoms with van der Waals surface area (Å²) in [4.78, 5) is 41.2. The van der Waals surface area contributed by atoms with Gasteiger partial charge in [0.1, 0.15) is 11.9 Å². The normalized spacial score (nSPS) is 17.5. The first-order valence-electron chi connectivity index (χ1n) is 13.7. The molecule has 2 aromatic rings. The minimum absolute atomic E-state index is 0.0487. The van der Waals surface area contributed by atoms with Gasteiger partial charge in [0.2, 0.25) is 17.7 Å². The van der Waals surface area contributed by atoms with Crippen LogP contribution in [0, 0.1) is 23.6 Å². The van der Waals surface area contributed by atoms with Crippen LogP contribution in [-0.4, -0.2) is 40.4 Å². The molecule has 1 heterocycles. The maximum absolute atomic E-state index is 13.6. The van der Waals surface area contributed by atoms with E-state index in [1.165, 1.54) is 6.07 Å². The molecule has 2 aromatic carbocycles. The monoisotopic (exact) mass is 559 g/mol. The molecule has 1 fully saturated rings. The van der Waals surface area contributed by atoms with Gasteiger partial charge in [-0.15, -0.1) is 0 Å². The first kappa shape index (κ1) is 30.6. The molecule has 1 saturated heterocycles. The molecule has 9 heteroatoms. The van der Waals surface area contributed by atoms with Crippen LogP contribution in [0.2, 0.25) is 5.02 Å². The van der Waals surface area contributed by atoms with Crippen LogP contribution in [0.5, 0.6) is 0 Å². The van der Waals surface area contributed by atoms with Gasteiger partial charge >= 0.3 is 0 Å². The second kappa shape index (κ2) is 14.4. The zero-order valence-corrected chi connectivity index (χ0v) is 23.6. The fraction of sp³-hybridized carbons (Fsp3) is 0.500. The highest BCUT2D eigenvalue weighted by Gasteiger charge is 2.36. The number of rotatable bonds is 11. The molecule has 3 rings (SSSR count). The molecule has 212 valence electrons. The number of halogens is 2. The van der Waals surface area contributed by atoms with Gasteiger partial charge in [0.25, 0.3) is 0 Å². The Kier molecular flexibility index (Phi) is 11.3. The molecule has 39 heavy (non-hydrogen) atoms. The van der Waals surface area contributed by atoms with Gasteiger partial charge in [-0.05, 0) is 72.9 Å². The van der Waals surface area contributed by atoms with E-state index in [2.05, 4.69) is 5.32 Å². The average molecular weight is 560 g/mol. The maximum Gasteiger partial charge on any atom is 0.247 e. The van der Waals surface area contributed by atoms with Gasteiger partial charge in [0, 0.05) is 19.0 Å². The van der Waals surface area contributed by atoms with E-state index < -0.39 is 29.6 Å². The van der Waals surface area contributed by atoms with Crippen LogP contribution in [0.1, 0.15) is 64.9 Å². The summed E-state index contributed by atoms with van der Waals surface area (Å²) < 4.78 is 13.6. The Morgan fingerprint density at radius 3 is 2.51 bits per heavy atom. The van der Waals surface area contributed by atoms with Crippen LogP contribution in [0.15, 0.2) is 42.5 Å². The van der Waals surface area contributed by atoms with Crippen molar-refractivity contribution in [3.05, 3.63) is 58.9 Å². The molecule has 0 aliphatic carbocycles. The van der Waals surface area contributed by atoms with Crippen LogP contribution in [-0.2, 0) is 20.9 Å². The zero-order chi connectivity index (χ0) is 28.5. The number of nitrogens with one attached hydrogen (secondary N) is 2. The fourth-order valence-corrected chi connectivity index (χ4v) is 5.47. The van der Waals surface area contributed by atoms with E-state index in [1.54, 1.807) is 22.5 Å². The third-order valence-electron chi connectivity index (χ3n) is 7.24. The van der Waals surface area contributed by atoms with Crippen molar-refractivity contribution < 1.29 is 24.0 Å². The molecule has 0 saturated carbocycles. The van der Waals surface area contributed by atoms with Crippen molar-refractivity contribution in [3.8, 4) is 11.1 Å². The Labute approximate surface area is 235 Å². The fourth-order valence-electron chi connectivity index (χ4n) is 5.29. The number of nitrogens with zero attached hydrogens (tertiary/aromatic N) is 1. The molecule has 3 N–H and O–H groups in total. The molecular formula is C30H39ClFN3O4. The predicted octanol–water partition coefficient (Wildman–Crippen LogP) is 5.73. The number of likely N-dealkylation sites (tertiary alicyclic amines) is 1. The largest absolute Gasteiger partial charge is 0.344 e. The Morgan fingerprint density at radius 1 is 1.10 bits per heavy atom. The lowest BCUT2D eigenvalue weighted by Crippen LogP contribution is -2.51. The summed E-state index contributed by atoms with van der Waals surface area (Å²) >= 11 is 5.97. The summed E-state index contributed by atoms with van der Waals surface area (Å²) in [6.45, 7) is 6.82. The van der Waals surface area contributed by atoms with Crippen LogP contribution < -0.4 is 10.8 Å². The van der Waals surface area contributed by atoms with Crippen LogP contribution >= 0.6 is 11.6 Å². The lowest BCUT2D eigenvalue weighted by molar-refractivity contribution is -0.143. The molecule has 1 aliphatic rings. The zero-order valence-electron chi connectivity index (χ0n) is 22.9. The number of carbonyl (C=O) groups is 3. The number of amides is 3. The quantitative estimate of drug-likeness (QED) is 0.242. The van der Waals surface area contributed by atoms with Crippen molar-refractivity contribution in [2.24, 2.45) is 17.8 Å². The van der Waals surface area contributed by atoms with Crippen molar-refractivity contribution >= 4 is 29.3 Å². The summed E-state index contributed by atoms with van der Waals surface area (Å²) in [5.74, 6) is -2.72. The summed E-state index contributed by atoms with van der Waals surface area (Å²) in [7, 11) is 0. The highest BCUT2D eigenvalue weighted by Crippen LogP contribution is 2.28. The first-order valence-corrected chi connectivity index (χ1v) is 14.1.